The van der Waals surface area contributed by atoms with E-state index in [1.54, 1.807) is 0 Å². The summed E-state index contributed by atoms with van der Waals surface area (Å²) in [6, 6.07) is 4.53. The van der Waals surface area contributed by atoms with E-state index in [2.05, 4.69) is 5.32 Å². The topological polar surface area (TPSA) is 73.1 Å². The van der Waals surface area contributed by atoms with Crippen molar-refractivity contribution in [2.24, 2.45) is 0 Å². The summed E-state index contributed by atoms with van der Waals surface area (Å²) < 4.78 is 0. The number of halogens is 1. The van der Waals surface area contributed by atoms with Gasteiger partial charge in [0.05, 0.1) is 22.3 Å². The lowest BCUT2D eigenvalue weighted by Gasteiger charge is -2.06. The Morgan fingerprint density at radius 2 is 2.29 bits per heavy atom. The molecule has 0 aromatic heterocycles. The van der Waals surface area contributed by atoms with Gasteiger partial charge in [0.1, 0.15) is 0 Å². The molecule has 0 fully saturated rings. The van der Waals surface area contributed by atoms with Crippen LogP contribution in [-0.4, -0.2) is 11.0 Å². The van der Waals surface area contributed by atoms with Gasteiger partial charge in [-0.2, -0.15) is 5.26 Å². The Hall–Kier alpha value is -1.73. The second-order valence-electron chi connectivity index (χ2n) is 2.65. The molecule has 1 rings (SSSR count). The van der Waals surface area contributed by atoms with Gasteiger partial charge >= 0.3 is 0 Å². The molecule has 4 nitrogen and oxygen atoms in total. The van der Waals surface area contributed by atoms with Gasteiger partial charge in [-0.3, -0.25) is 4.79 Å². The van der Waals surface area contributed by atoms with Crippen LogP contribution >= 0.6 is 11.6 Å². The summed E-state index contributed by atoms with van der Waals surface area (Å²) in [5, 5.41) is 20.4. The summed E-state index contributed by atoms with van der Waals surface area (Å²) in [4.78, 5) is 10.7. The smallest absolute Gasteiger partial charge is 0.221 e. The van der Waals surface area contributed by atoms with Crippen LogP contribution in [0.15, 0.2) is 12.1 Å². The molecule has 0 aliphatic heterocycles. The first-order chi connectivity index (χ1) is 6.54. The first-order valence-corrected chi connectivity index (χ1v) is 4.12. The lowest BCUT2D eigenvalue weighted by molar-refractivity contribution is -0.114. The summed E-state index contributed by atoms with van der Waals surface area (Å²) in [7, 11) is 0. The van der Waals surface area contributed by atoms with Crippen LogP contribution in [0.25, 0.3) is 0 Å². The van der Waals surface area contributed by atoms with Crippen LogP contribution in [-0.2, 0) is 4.79 Å². The van der Waals surface area contributed by atoms with Crippen LogP contribution in [0.5, 0.6) is 5.75 Å². The molecule has 0 aliphatic rings. The third kappa shape index (κ3) is 2.15. The summed E-state index contributed by atoms with van der Waals surface area (Å²) in [6.45, 7) is 1.30. The van der Waals surface area contributed by atoms with Crippen LogP contribution in [0.1, 0.15) is 12.5 Å². The predicted octanol–water partition coefficient (Wildman–Crippen LogP) is 1.88. The van der Waals surface area contributed by atoms with E-state index in [0.717, 1.165) is 0 Å². The van der Waals surface area contributed by atoms with E-state index >= 15 is 0 Å². The number of rotatable bonds is 1. The van der Waals surface area contributed by atoms with E-state index in [4.69, 9.17) is 16.9 Å². The molecule has 0 heterocycles. The van der Waals surface area contributed by atoms with E-state index in [1.165, 1.54) is 19.1 Å². The summed E-state index contributed by atoms with van der Waals surface area (Å²) in [6.07, 6.45) is 0. The first kappa shape index (κ1) is 10.4. The number of carbonyl (C=O) groups excluding carboxylic acids is 1. The molecule has 0 spiro atoms. The fourth-order valence-corrected chi connectivity index (χ4v) is 1.17. The number of hydrogen-bond donors (Lipinski definition) is 2. The van der Waals surface area contributed by atoms with Crippen LogP contribution in [0, 0.1) is 11.3 Å². The largest absolute Gasteiger partial charge is 0.504 e. The molecule has 0 aliphatic carbocycles. The maximum Gasteiger partial charge on any atom is 0.221 e. The number of aromatic hydroxyl groups is 1. The number of nitrogens with zero attached hydrogens (tertiary/aromatic N) is 1. The minimum Gasteiger partial charge on any atom is -0.504 e. The van der Waals surface area contributed by atoms with Crippen molar-refractivity contribution in [2.45, 2.75) is 6.92 Å². The Balaban J connectivity index is 3.21. The highest BCUT2D eigenvalue weighted by molar-refractivity contribution is 6.32. The van der Waals surface area contributed by atoms with Gasteiger partial charge in [0.25, 0.3) is 0 Å². The summed E-state index contributed by atoms with van der Waals surface area (Å²) >= 11 is 5.63. The Morgan fingerprint density at radius 3 is 2.79 bits per heavy atom. The van der Waals surface area contributed by atoms with E-state index in [0.29, 0.717) is 0 Å². The third-order valence-electron chi connectivity index (χ3n) is 1.50. The number of phenolic OH excluding ortho intramolecular Hbond substituents is 1. The van der Waals surface area contributed by atoms with Crippen molar-refractivity contribution in [3.8, 4) is 11.8 Å². The molecule has 5 heteroatoms. The predicted molar refractivity (Wildman–Crippen MR) is 52.1 cm³/mol. The second kappa shape index (κ2) is 3.99. The molecule has 0 saturated carbocycles. The summed E-state index contributed by atoms with van der Waals surface area (Å²) in [5.41, 5.74) is 0.415. The number of hydrogen-bond acceptors (Lipinski definition) is 3. The van der Waals surface area contributed by atoms with Crippen LogP contribution in [0.3, 0.4) is 0 Å². The zero-order valence-corrected chi connectivity index (χ0v) is 8.09. The summed E-state index contributed by atoms with van der Waals surface area (Å²) in [5.74, 6) is -0.577. The fourth-order valence-electron chi connectivity index (χ4n) is 0.949. The highest BCUT2D eigenvalue weighted by atomic mass is 35.5. The molecule has 0 saturated heterocycles. The molecule has 1 amide bonds. The number of nitriles is 1. The monoisotopic (exact) mass is 210 g/mol. The minimum absolute atomic E-state index is 0.0350. The molecular formula is C9H7ClN2O2. The van der Waals surface area contributed by atoms with Crippen molar-refractivity contribution in [3.05, 3.63) is 22.7 Å². The lowest BCUT2D eigenvalue weighted by Crippen LogP contribution is -2.06. The van der Waals surface area contributed by atoms with Gasteiger partial charge in [-0.05, 0) is 12.1 Å². The van der Waals surface area contributed by atoms with Crippen molar-refractivity contribution in [1.29, 1.82) is 5.26 Å². The highest BCUT2D eigenvalue weighted by Gasteiger charge is 2.09. The van der Waals surface area contributed by atoms with Crippen molar-refractivity contribution >= 4 is 23.2 Å². The molecular weight excluding hydrogens is 204 g/mol. The van der Waals surface area contributed by atoms with Gasteiger partial charge in [-0.1, -0.05) is 11.6 Å². The number of carbonyl (C=O) groups is 1. The molecule has 0 atom stereocenters. The minimum atomic E-state index is -0.341. The standard InChI is InChI=1S/C9H7ClN2O2/c1-5(13)12-8-3-6(4-11)2-7(10)9(8)14/h2-3,14H,1H3,(H,12,13). The number of anilines is 1. The number of amides is 1. The Morgan fingerprint density at radius 1 is 1.64 bits per heavy atom. The van der Waals surface area contributed by atoms with Gasteiger partial charge in [-0.25, -0.2) is 0 Å². The molecule has 0 unspecified atom stereocenters. The molecule has 1 aromatic rings. The van der Waals surface area contributed by atoms with Crippen LogP contribution < -0.4 is 5.32 Å². The number of nitrogens with one attached hydrogen (secondary N) is 1. The van der Waals surface area contributed by atoms with Gasteiger partial charge < -0.3 is 10.4 Å². The van der Waals surface area contributed by atoms with Gasteiger partial charge in [0.15, 0.2) is 5.75 Å². The maximum atomic E-state index is 10.7. The van der Waals surface area contributed by atoms with Gasteiger partial charge in [0.2, 0.25) is 5.91 Å². The molecule has 0 radical (unpaired) electrons. The van der Waals surface area contributed by atoms with Gasteiger partial charge in [-0.15, -0.1) is 0 Å². The molecule has 1 aromatic carbocycles. The number of phenols is 1. The first-order valence-electron chi connectivity index (χ1n) is 3.75. The molecule has 72 valence electrons. The normalized spacial score (nSPS) is 9.21. The molecule has 14 heavy (non-hydrogen) atoms. The third-order valence-corrected chi connectivity index (χ3v) is 1.79. The van der Waals surface area contributed by atoms with Crippen LogP contribution in [0.4, 0.5) is 5.69 Å². The van der Waals surface area contributed by atoms with Crippen molar-refractivity contribution in [3.63, 3.8) is 0 Å². The van der Waals surface area contributed by atoms with Crippen molar-refractivity contribution < 1.29 is 9.90 Å². The van der Waals surface area contributed by atoms with Crippen molar-refractivity contribution in [1.82, 2.24) is 0 Å². The Kier molecular flexibility index (Phi) is 2.95. The van der Waals surface area contributed by atoms with Crippen molar-refractivity contribution in [2.75, 3.05) is 5.32 Å². The Labute approximate surface area is 85.7 Å². The quantitative estimate of drug-likeness (QED) is 0.695. The highest BCUT2D eigenvalue weighted by Crippen LogP contribution is 2.32. The zero-order chi connectivity index (χ0) is 10.7. The average molecular weight is 211 g/mol. The zero-order valence-electron chi connectivity index (χ0n) is 7.34. The van der Waals surface area contributed by atoms with Gasteiger partial charge in [0, 0.05) is 6.92 Å². The SMILES string of the molecule is CC(=O)Nc1cc(C#N)cc(Cl)c1O. The lowest BCUT2D eigenvalue weighted by atomic mass is 10.2. The number of benzene rings is 1. The van der Waals surface area contributed by atoms with E-state index < -0.39 is 0 Å². The maximum absolute atomic E-state index is 10.7. The second-order valence-corrected chi connectivity index (χ2v) is 3.05. The average Bonchev–Trinajstić information content (AvgIpc) is 2.11. The van der Waals surface area contributed by atoms with E-state index in [1.807, 2.05) is 6.07 Å². The van der Waals surface area contributed by atoms with Crippen LogP contribution in [0.2, 0.25) is 5.02 Å². The molecule has 0 bridgehead atoms. The fraction of sp³-hybridized carbons (Fsp3) is 0.111. The Bertz CT molecular complexity index is 424. The van der Waals surface area contributed by atoms with E-state index in [-0.39, 0.29) is 27.9 Å². The van der Waals surface area contributed by atoms with E-state index in [9.17, 15) is 9.90 Å². The molecule has 2 N–H and O–H groups in total.